The van der Waals surface area contributed by atoms with Gasteiger partial charge < -0.3 is 15.2 Å². The van der Waals surface area contributed by atoms with E-state index in [-0.39, 0.29) is 22.0 Å². The van der Waals surface area contributed by atoms with E-state index in [1.165, 1.54) is 4.80 Å². The molecule has 1 aliphatic rings. The first-order chi connectivity index (χ1) is 18.5. The summed E-state index contributed by atoms with van der Waals surface area (Å²) >= 11 is 0.716. The minimum absolute atomic E-state index is 0.0148. The van der Waals surface area contributed by atoms with Gasteiger partial charge in [0.05, 0.1) is 29.0 Å². The number of thiazole rings is 1. The number of carbonyl (C=O) groups is 1. The Balaban J connectivity index is 1.31. The van der Waals surface area contributed by atoms with Crippen molar-refractivity contribution in [2.45, 2.75) is 44.2 Å². The highest BCUT2D eigenvalue weighted by Gasteiger charge is 2.29. The molecule has 14 heteroatoms. The summed E-state index contributed by atoms with van der Waals surface area (Å²) < 4.78 is 28.0. The maximum Gasteiger partial charge on any atom is 0.280 e. The fraction of sp³-hybridized carbons (Fsp3) is 0.292. The van der Waals surface area contributed by atoms with Crippen LogP contribution in [-0.4, -0.2) is 51.4 Å². The van der Waals surface area contributed by atoms with E-state index in [9.17, 15) is 13.6 Å². The number of fused-ring (bicyclic) bond motifs is 1. The van der Waals surface area contributed by atoms with E-state index in [1.54, 1.807) is 24.8 Å². The average Bonchev–Trinajstić information content (AvgIpc) is 3.69. The molecule has 38 heavy (non-hydrogen) atoms. The van der Waals surface area contributed by atoms with Gasteiger partial charge in [-0.25, -0.2) is 28.7 Å². The second-order valence-corrected chi connectivity index (χ2v) is 9.92. The minimum Gasteiger partial charge on any atom is -0.347 e. The first kappa shape index (κ1) is 24.0. The third-order valence-electron chi connectivity index (χ3n) is 6.37. The van der Waals surface area contributed by atoms with Crippen molar-refractivity contribution in [1.29, 1.82) is 0 Å². The SMILES string of the molecule is O=C(NC1CCCC(n2c(Nc3ccccn3)nc3cnc(-n4nccn4)cc32)C1)c1ncc(C(F)F)s1. The van der Waals surface area contributed by atoms with Crippen molar-refractivity contribution in [3.05, 3.63) is 65.1 Å². The molecule has 0 radical (unpaired) electrons. The fourth-order valence-electron chi connectivity index (χ4n) is 4.71. The molecule has 5 aromatic rings. The predicted molar refractivity (Wildman–Crippen MR) is 136 cm³/mol. The van der Waals surface area contributed by atoms with Gasteiger partial charge in [-0.2, -0.15) is 10.2 Å². The van der Waals surface area contributed by atoms with Crippen LogP contribution < -0.4 is 10.6 Å². The number of rotatable bonds is 7. The lowest BCUT2D eigenvalue weighted by Gasteiger charge is -2.31. The lowest BCUT2D eigenvalue weighted by molar-refractivity contribution is 0.0920. The number of alkyl halides is 2. The third kappa shape index (κ3) is 4.81. The van der Waals surface area contributed by atoms with E-state index in [1.807, 2.05) is 24.3 Å². The summed E-state index contributed by atoms with van der Waals surface area (Å²) in [7, 11) is 0. The Morgan fingerprint density at radius 1 is 1.08 bits per heavy atom. The molecular weight excluding hydrogens is 514 g/mol. The molecule has 194 valence electrons. The summed E-state index contributed by atoms with van der Waals surface area (Å²) in [6.45, 7) is 0. The third-order valence-corrected chi connectivity index (χ3v) is 7.37. The van der Waals surface area contributed by atoms with Gasteiger partial charge in [0.2, 0.25) is 5.95 Å². The second-order valence-electron chi connectivity index (χ2n) is 8.85. The lowest BCUT2D eigenvalue weighted by Crippen LogP contribution is -2.39. The highest BCUT2D eigenvalue weighted by molar-refractivity contribution is 7.13. The molecule has 0 bridgehead atoms. The average molecular weight is 537 g/mol. The van der Waals surface area contributed by atoms with Crippen molar-refractivity contribution in [1.82, 2.24) is 44.8 Å². The normalized spacial score (nSPS) is 17.7. The summed E-state index contributed by atoms with van der Waals surface area (Å²) in [5, 5.41) is 14.7. The van der Waals surface area contributed by atoms with Gasteiger partial charge in [-0.1, -0.05) is 6.07 Å². The summed E-state index contributed by atoms with van der Waals surface area (Å²) in [4.78, 5) is 31.5. The summed E-state index contributed by atoms with van der Waals surface area (Å²) in [6, 6.07) is 7.29. The number of hydrogen-bond donors (Lipinski definition) is 2. The first-order valence-corrected chi connectivity index (χ1v) is 12.8. The van der Waals surface area contributed by atoms with Gasteiger partial charge in [-0.15, -0.1) is 16.1 Å². The van der Waals surface area contributed by atoms with Crippen LogP contribution in [0.1, 0.15) is 52.8 Å². The van der Waals surface area contributed by atoms with Crippen LogP contribution in [-0.2, 0) is 0 Å². The van der Waals surface area contributed by atoms with Crippen molar-refractivity contribution in [2.24, 2.45) is 0 Å². The van der Waals surface area contributed by atoms with E-state index in [0.29, 0.717) is 40.9 Å². The number of nitrogens with one attached hydrogen (secondary N) is 2. The van der Waals surface area contributed by atoms with Crippen LogP contribution in [0, 0.1) is 0 Å². The number of imidazole rings is 1. The molecule has 0 aliphatic heterocycles. The van der Waals surface area contributed by atoms with Crippen molar-refractivity contribution >= 4 is 40.0 Å². The van der Waals surface area contributed by atoms with Crippen LogP contribution in [0.2, 0.25) is 0 Å². The Kier molecular flexibility index (Phi) is 6.45. The van der Waals surface area contributed by atoms with Crippen LogP contribution in [0.5, 0.6) is 0 Å². The topological polar surface area (TPSA) is 128 Å². The molecule has 5 heterocycles. The summed E-state index contributed by atoms with van der Waals surface area (Å²) in [5.74, 6) is 1.35. The van der Waals surface area contributed by atoms with Crippen LogP contribution in [0.15, 0.2) is 55.2 Å². The minimum atomic E-state index is -2.65. The lowest BCUT2D eigenvalue weighted by atomic mass is 9.90. The zero-order chi connectivity index (χ0) is 26.1. The number of aromatic nitrogens is 8. The van der Waals surface area contributed by atoms with E-state index >= 15 is 0 Å². The molecule has 1 aliphatic carbocycles. The summed E-state index contributed by atoms with van der Waals surface area (Å²) in [6.07, 6.45) is 8.06. The van der Waals surface area contributed by atoms with E-state index in [0.717, 1.165) is 31.0 Å². The monoisotopic (exact) mass is 536 g/mol. The number of halogens is 2. The van der Waals surface area contributed by atoms with Crippen molar-refractivity contribution in [2.75, 3.05) is 5.32 Å². The van der Waals surface area contributed by atoms with Crippen LogP contribution in [0.4, 0.5) is 20.5 Å². The number of amides is 1. The molecule has 1 amide bonds. The Labute approximate surface area is 219 Å². The molecule has 0 saturated heterocycles. The van der Waals surface area contributed by atoms with Crippen molar-refractivity contribution in [3.63, 3.8) is 0 Å². The van der Waals surface area contributed by atoms with Gasteiger partial charge >= 0.3 is 0 Å². The number of hydrogen-bond acceptors (Lipinski definition) is 9. The molecule has 0 aromatic carbocycles. The van der Waals surface area contributed by atoms with E-state index < -0.39 is 12.3 Å². The molecule has 2 atom stereocenters. The highest BCUT2D eigenvalue weighted by Crippen LogP contribution is 2.36. The molecule has 5 aromatic heterocycles. The molecule has 2 unspecified atom stereocenters. The standard InChI is InChI=1S/C24H22F2N10OS/c25-21(26)18-13-29-23(38-18)22(37)32-14-4-3-5-15(10-14)35-17-11-20(36-30-8-9-31-36)28-12-16(17)33-24(35)34-19-6-1-2-7-27-19/h1-2,6-9,11-15,21H,3-5,10H2,(H,32,37)(H,27,33,34). The zero-order valence-corrected chi connectivity index (χ0v) is 20.7. The van der Waals surface area contributed by atoms with Crippen LogP contribution in [0.3, 0.4) is 0 Å². The maximum atomic E-state index is 13.0. The number of carbonyl (C=O) groups excluding carboxylic acids is 1. The largest absolute Gasteiger partial charge is 0.347 e. The van der Waals surface area contributed by atoms with Gasteiger partial charge in [0.1, 0.15) is 11.3 Å². The molecule has 1 saturated carbocycles. The second kappa shape index (κ2) is 10.2. The van der Waals surface area contributed by atoms with Crippen molar-refractivity contribution in [3.8, 4) is 5.82 Å². The molecular formula is C24H22F2N10OS. The predicted octanol–water partition coefficient (Wildman–Crippen LogP) is 4.46. The zero-order valence-electron chi connectivity index (χ0n) is 19.9. The molecule has 1 fully saturated rings. The molecule has 0 spiro atoms. The van der Waals surface area contributed by atoms with Crippen LogP contribution >= 0.6 is 11.3 Å². The molecule has 2 N–H and O–H groups in total. The fourth-order valence-corrected chi connectivity index (χ4v) is 5.38. The first-order valence-electron chi connectivity index (χ1n) is 12.0. The molecule has 6 rings (SSSR count). The quantitative estimate of drug-likeness (QED) is 0.312. The van der Waals surface area contributed by atoms with Gasteiger partial charge in [0, 0.05) is 30.5 Å². The highest BCUT2D eigenvalue weighted by atomic mass is 32.1. The molecule has 11 nitrogen and oxygen atoms in total. The number of nitrogens with zero attached hydrogens (tertiary/aromatic N) is 8. The van der Waals surface area contributed by atoms with Crippen LogP contribution in [0.25, 0.3) is 16.9 Å². The van der Waals surface area contributed by atoms with Gasteiger partial charge in [0.25, 0.3) is 12.3 Å². The maximum absolute atomic E-state index is 13.0. The Bertz CT molecular complexity index is 1550. The van der Waals surface area contributed by atoms with Gasteiger partial charge in [0.15, 0.2) is 10.8 Å². The Hall–Kier alpha value is -4.33. The number of anilines is 2. The Morgan fingerprint density at radius 3 is 2.71 bits per heavy atom. The summed E-state index contributed by atoms with van der Waals surface area (Å²) in [5.41, 5.74) is 1.53. The van der Waals surface area contributed by atoms with Crippen molar-refractivity contribution < 1.29 is 13.6 Å². The van der Waals surface area contributed by atoms with E-state index in [2.05, 4.69) is 40.3 Å². The van der Waals surface area contributed by atoms with Gasteiger partial charge in [-0.3, -0.25) is 4.79 Å². The van der Waals surface area contributed by atoms with Gasteiger partial charge in [-0.05, 0) is 37.8 Å². The smallest absolute Gasteiger partial charge is 0.280 e. The number of pyridine rings is 2. The Morgan fingerprint density at radius 2 is 1.95 bits per heavy atom. The van der Waals surface area contributed by atoms with E-state index in [4.69, 9.17) is 4.98 Å².